The summed E-state index contributed by atoms with van der Waals surface area (Å²) in [7, 11) is 0. The van der Waals surface area contributed by atoms with Gasteiger partial charge in [0.2, 0.25) is 0 Å². The molecular formula is C22H13N3. The zero-order valence-corrected chi connectivity index (χ0v) is 13.3. The van der Waals surface area contributed by atoms with Crippen molar-refractivity contribution in [3.8, 4) is 0 Å². The van der Waals surface area contributed by atoms with E-state index in [1.807, 2.05) is 18.5 Å². The molecule has 0 amide bonds. The number of aromatic nitrogens is 2. The molecule has 4 aliphatic rings. The van der Waals surface area contributed by atoms with Crippen molar-refractivity contribution < 1.29 is 0 Å². The van der Waals surface area contributed by atoms with Crippen LogP contribution in [0.25, 0.3) is 10.8 Å². The fraction of sp³-hybridized carbons (Fsp3) is 0.0909. The van der Waals surface area contributed by atoms with E-state index >= 15 is 0 Å². The second kappa shape index (κ2) is 4.62. The fourth-order valence-corrected chi connectivity index (χ4v) is 4.51. The van der Waals surface area contributed by atoms with Gasteiger partial charge in [0.05, 0.1) is 11.6 Å². The van der Waals surface area contributed by atoms with Gasteiger partial charge in [-0.15, -0.1) is 0 Å². The van der Waals surface area contributed by atoms with Crippen molar-refractivity contribution in [1.29, 1.82) is 0 Å². The van der Waals surface area contributed by atoms with Crippen molar-refractivity contribution in [1.82, 2.24) is 9.97 Å². The van der Waals surface area contributed by atoms with E-state index in [9.17, 15) is 0 Å². The van der Waals surface area contributed by atoms with Crippen LogP contribution in [0, 0.1) is 0 Å². The first kappa shape index (κ1) is 13.1. The number of benzene rings is 2. The highest BCUT2D eigenvalue weighted by atomic mass is 14.8. The summed E-state index contributed by atoms with van der Waals surface area (Å²) in [4.78, 5) is 13.2. The lowest BCUT2D eigenvalue weighted by Crippen LogP contribution is -2.28. The zero-order valence-electron chi connectivity index (χ0n) is 13.3. The first-order chi connectivity index (χ1) is 12.4. The summed E-state index contributed by atoms with van der Waals surface area (Å²) in [5.74, 6) is 3.34. The molecule has 1 aliphatic heterocycles. The minimum absolute atomic E-state index is 0.139. The highest BCUT2D eigenvalue weighted by Gasteiger charge is 2.43. The van der Waals surface area contributed by atoms with Crippen LogP contribution in [0.3, 0.4) is 0 Å². The van der Waals surface area contributed by atoms with Crippen molar-refractivity contribution in [2.45, 2.75) is 11.8 Å². The molecule has 2 bridgehead atoms. The summed E-state index contributed by atoms with van der Waals surface area (Å²) in [6.07, 6.45) is 9.61. The standard InChI is InChI=1S/C22H13N3/c1-2-4-14-10-18-17(9-13(14)3-1)20-15-5-7-23-8-6-16(15)21(18)22-19(20)11-24-12-25-22/h1-6,8-12,20-21H. The molecule has 25 heavy (non-hydrogen) atoms. The Morgan fingerprint density at radius 2 is 1.68 bits per heavy atom. The molecule has 0 saturated carbocycles. The average molecular weight is 319 g/mol. The summed E-state index contributed by atoms with van der Waals surface area (Å²) in [5.41, 5.74) is 7.61. The van der Waals surface area contributed by atoms with Crippen LogP contribution in [0.5, 0.6) is 0 Å². The second-order valence-electron chi connectivity index (χ2n) is 6.69. The van der Waals surface area contributed by atoms with E-state index in [1.165, 1.54) is 38.6 Å². The lowest BCUT2D eigenvalue weighted by molar-refractivity contribution is 0.723. The van der Waals surface area contributed by atoms with E-state index in [0.29, 0.717) is 0 Å². The Morgan fingerprint density at radius 3 is 2.52 bits per heavy atom. The van der Waals surface area contributed by atoms with Gasteiger partial charge in [0, 0.05) is 30.0 Å². The number of aliphatic imine (C=N–C) groups is 1. The maximum atomic E-state index is 4.66. The minimum atomic E-state index is 0.139. The predicted octanol–water partition coefficient (Wildman–Crippen LogP) is 4.27. The third-order valence-electron chi connectivity index (χ3n) is 5.51. The van der Waals surface area contributed by atoms with Gasteiger partial charge in [0.25, 0.3) is 0 Å². The number of hydrogen-bond acceptors (Lipinski definition) is 3. The van der Waals surface area contributed by atoms with Gasteiger partial charge in [0.1, 0.15) is 6.33 Å². The first-order valence-corrected chi connectivity index (χ1v) is 8.43. The Hall–Kier alpha value is -3.29. The smallest absolute Gasteiger partial charge is 0.115 e. The van der Waals surface area contributed by atoms with E-state index < -0.39 is 0 Å². The molecular weight excluding hydrogens is 306 g/mol. The van der Waals surface area contributed by atoms with Crippen molar-refractivity contribution in [3.05, 3.63) is 101 Å². The first-order valence-electron chi connectivity index (χ1n) is 8.43. The maximum absolute atomic E-state index is 4.66. The molecule has 2 unspecified atom stereocenters. The molecule has 3 heteroatoms. The Kier molecular flexibility index (Phi) is 2.41. The molecule has 3 nitrogen and oxygen atoms in total. The van der Waals surface area contributed by atoms with Gasteiger partial charge >= 0.3 is 0 Å². The van der Waals surface area contributed by atoms with Crippen LogP contribution in [-0.2, 0) is 0 Å². The van der Waals surface area contributed by atoms with Gasteiger partial charge in [-0.1, -0.05) is 24.3 Å². The topological polar surface area (TPSA) is 38.1 Å². The zero-order chi connectivity index (χ0) is 16.4. The maximum Gasteiger partial charge on any atom is 0.115 e. The van der Waals surface area contributed by atoms with Crippen molar-refractivity contribution >= 4 is 16.6 Å². The fourth-order valence-electron chi connectivity index (χ4n) is 4.51. The molecule has 0 fully saturated rings. The molecule has 3 aromatic rings. The highest BCUT2D eigenvalue weighted by molar-refractivity contribution is 5.87. The summed E-state index contributed by atoms with van der Waals surface area (Å²) in [6, 6.07) is 13.2. The second-order valence-corrected chi connectivity index (χ2v) is 6.69. The molecule has 3 aliphatic carbocycles. The van der Waals surface area contributed by atoms with E-state index in [2.05, 4.69) is 63.3 Å². The van der Waals surface area contributed by atoms with Crippen LogP contribution in [0.2, 0.25) is 0 Å². The van der Waals surface area contributed by atoms with Crippen molar-refractivity contribution in [3.63, 3.8) is 0 Å². The molecule has 2 heterocycles. The third-order valence-corrected chi connectivity index (χ3v) is 5.51. The largest absolute Gasteiger partial charge is 0.244 e. The predicted molar refractivity (Wildman–Crippen MR) is 97.8 cm³/mol. The molecule has 2 aromatic carbocycles. The molecule has 0 saturated heterocycles. The van der Waals surface area contributed by atoms with Crippen LogP contribution in [0.1, 0.15) is 34.2 Å². The quantitative estimate of drug-likeness (QED) is 0.620. The van der Waals surface area contributed by atoms with Gasteiger partial charge < -0.3 is 0 Å². The number of allylic oxidation sites excluding steroid dienone is 4. The van der Waals surface area contributed by atoms with E-state index in [4.69, 9.17) is 0 Å². The van der Waals surface area contributed by atoms with Crippen LogP contribution in [0.4, 0.5) is 0 Å². The van der Waals surface area contributed by atoms with Crippen molar-refractivity contribution in [2.24, 2.45) is 4.99 Å². The lowest BCUT2D eigenvalue weighted by atomic mass is 9.62. The van der Waals surface area contributed by atoms with E-state index in [1.54, 1.807) is 6.33 Å². The van der Waals surface area contributed by atoms with Gasteiger partial charge in [-0.3, -0.25) is 0 Å². The van der Waals surface area contributed by atoms with Crippen LogP contribution in [0.15, 0.2) is 83.4 Å². The van der Waals surface area contributed by atoms with Crippen molar-refractivity contribution in [2.75, 3.05) is 0 Å². The SMILES string of the molecule is C1=CC2=C(C=CN=1)C1c3cc4ccccc4cc3C2c2cncnc21. The van der Waals surface area contributed by atoms with E-state index in [-0.39, 0.29) is 11.8 Å². The number of hydrogen-bond donors (Lipinski definition) is 0. The highest BCUT2D eigenvalue weighted by Crippen LogP contribution is 2.56. The van der Waals surface area contributed by atoms with Crippen LogP contribution >= 0.6 is 0 Å². The molecule has 0 radical (unpaired) electrons. The van der Waals surface area contributed by atoms with Gasteiger partial charge in [-0.05, 0) is 57.1 Å². The van der Waals surface area contributed by atoms with Gasteiger partial charge in [0.15, 0.2) is 0 Å². The summed E-state index contributed by atoms with van der Waals surface area (Å²) in [5, 5.41) is 2.55. The van der Waals surface area contributed by atoms with Crippen LogP contribution in [-0.4, -0.2) is 15.8 Å². The summed E-state index contributed by atoms with van der Waals surface area (Å²) < 4.78 is 0. The Labute approximate surface area is 144 Å². The molecule has 0 N–H and O–H groups in total. The Bertz CT molecular complexity index is 1190. The number of fused-ring (bicyclic) bond motifs is 1. The van der Waals surface area contributed by atoms with Gasteiger partial charge in [-0.25, -0.2) is 15.0 Å². The van der Waals surface area contributed by atoms with Gasteiger partial charge in [-0.2, -0.15) is 0 Å². The summed E-state index contributed by atoms with van der Waals surface area (Å²) >= 11 is 0. The Balaban J connectivity index is 1.75. The average Bonchev–Trinajstić information content (AvgIpc) is 2.92. The summed E-state index contributed by atoms with van der Waals surface area (Å²) in [6.45, 7) is 0. The van der Waals surface area contributed by atoms with Crippen LogP contribution < -0.4 is 0 Å². The molecule has 116 valence electrons. The van der Waals surface area contributed by atoms with E-state index in [0.717, 1.165) is 5.69 Å². The monoisotopic (exact) mass is 319 g/mol. The molecule has 2 atom stereocenters. The number of nitrogens with zero attached hydrogens (tertiary/aromatic N) is 3. The lowest BCUT2D eigenvalue weighted by Gasteiger charge is -2.41. The third kappa shape index (κ3) is 1.63. The Morgan fingerprint density at radius 1 is 0.880 bits per heavy atom. The number of rotatable bonds is 0. The molecule has 0 spiro atoms. The molecule has 7 rings (SSSR count). The normalized spacial score (nSPS) is 21.9. The minimum Gasteiger partial charge on any atom is -0.244 e. The molecule has 1 aromatic heterocycles.